The Morgan fingerprint density at radius 2 is 1.07 bits per heavy atom. The van der Waals surface area contributed by atoms with Crippen LogP contribution in [0.2, 0.25) is 0 Å². The van der Waals surface area contributed by atoms with Gasteiger partial charge in [0.15, 0.2) is 0 Å². The van der Waals surface area contributed by atoms with Gasteiger partial charge in [-0.2, -0.15) is 0 Å². The van der Waals surface area contributed by atoms with Gasteiger partial charge < -0.3 is 0 Å². The molecule has 0 saturated carbocycles. The number of carboxylic acids is 1. The molecule has 3 heteroatoms. The van der Waals surface area contributed by atoms with E-state index in [9.17, 15) is 9.90 Å². The van der Waals surface area contributed by atoms with Gasteiger partial charge in [0, 0.05) is 0 Å². The van der Waals surface area contributed by atoms with Crippen molar-refractivity contribution in [3.8, 4) is 0 Å². The molecule has 2 nitrogen and oxygen atoms in total. The van der Waals surface area contributed by atoms with E-state index < -0.39 is 13.2 Å². The fraction of sp³-hybridized carbons (Fsp3) is 0.0385. The van der Waals surface area contributed by atoms with Crippen molar-refractivity contribution in [3.05, 3.63) is 126 Å². The Hall–Kier alpha value is -3.22. The summed E-state index contributed by atoms with van der Waals surface area (Å²) in [6.07, 6.45) is 0.798. The first-order chi connectivity index (χ1) is 14.2. The minimum atomic E-state index is -2.42. The summed E-state index contributed by atoms with van der Waals surface area (Å²) in [5.74, 6) is -0.891. The van der Waals surface area contributed by atoms with Crippen molar-refractivity contribution >= 4 is 29.1 Å². The maximum atomic E-state index is 11.5. The second kappa shape index (κ2) is 8.43. The van der Waals surface area contributed by atoms with Crippen LogP contribution in [0.15, 0.2) is 115 Å². The van der Waals surface area contributed by atoms with Gasteiger partial charge in [0.1, 0.15) is 0 Å². The number of benzene rings is 4. The normalized spacial score (nSPS) is 11.7. The quantitative estimate of drug-likeness (QED) is 0.482. The molecule has 0 aliphatic rings. The molecule has 0 heterocycles. The van der Waals surface area contributed by atoms with E-state index in [0.29, 0.717) is 5.56 Å². The van der Waals surface area contributed by atoms with E-state index in [-0.39, 0.29) is 0 Å². The predicted molar refractivity (Wildman–Crippen MR) is 124 cm³/mol. The van der Waals surface area contributed by atoms with Crippen molar-refractivity contribution in [1.29, 1.82) is 0 Å². The summed E-state index contributed by atoms with van der Waals surface area (Å²) in [6, 6.07) is 39.4. The van der Waals surface area contributed by atoms with Crippen LogP contribution < -0.4 is 15.9 Å². The van der Waals surface area contributed by atoms with E-state index >= 15 is 0 Å². The molecule has 0 unspecified atom stereocenters. The number of rotatable bonds is 6. The topological polar surface area (TPSA) is 37.3 Å². The molecule has 0 bridgehead atoms. The molecule has 144 valence electrons. The number of carbonyl (C=O) groups is 1. The number of hydrogen-bond donors (Lipinski definition) is 1. The zero-order chi connectivity index (χ0) is 20.1. The van der Waals surface area contributed by atoms with Crippen LogP contribution >= 0.6 is 7.26 Å². The summed E-state index contributed by atoms with van der Waals surface area (Å²) < 4.78 is 0. The van der Waals surface area contributed by atoms with Crippen LogP contribution in [0.25, 0.3) is 0 Å². The second-order valence-corrected chi connectivity index (χ2v) is 11.1. The number of aromatic carboxylic acids is 1. The molecule has 0 aliphatic heterocycles. The van der Waals surface area contributed by atoms with Crippen LogP contribution in [-0.4, -0.2) is 11.1 Å². The van der Waals surface area contributed by atoms with Crippen molar-refractivity contribution in [1.82, 2.24) is 0 Å². The van der Waals surface area contributed by atoms with E-state index in [1.54, 1.807) is 6.07 Å². The fourth-order valence-electron chi connectivity index (χ4n) is 4.09. The third-order valence-corrected chi connectivity index (χ3v) is 10.3. The van der Waals surface area contributed by atoms with Crippen molar-refractivity contribution < 1.29 is 9.90 Å². The molecule has 0 aromatic heterocycles. The van der Waals surface area contributed by atoms with Gasteiger partial charge >= 0.3 is 172 Å². The third-order valence-electron chi connectivity index (χ3n) is 5.44. The van der Waals surface area contributed by atoms with Crippen LogP contribution in [0.5, 0.6) is 0 Å². The Kier molecular flexibility index (Phi) is 5.55. The van der Waals surface area contributed by atoms with Crippen LogP contribution in [0.3, 0.4) is 0 Å². The first-order valence-electron chi connectivity index (χ1n) is 9.69. The summed E-state index contributed by atoms with van der Waals surface area (Å²) in [4.78, 5) is 11.5. The van der Waals surface area contributed by atoms with Crippen LogP contribution in [0.1, 0.15) is 15.9 Å². The SMILES string of the molecule is O=C(O)c1cccc(C[PH](c2ccccc2)(c2ccccc2)c2ccccc2)c1. The maximum absolute atomic E-state index is 11.5. The molecule has 0 radical (unpaired) electrons. The Morgan fingerprint density at radius 3 is 1.48 bits per heavy atom. The molecule has 0 fully saturated rings. The molecular weight excluding hydrogens is 375 g/mol. The Morgan fingerprint density at radius 1 is 0.621 bits per heavy atom. The molecule has 0 aliphatic carbocycles. The Bertz CT molecular complexity index is 996. The molecule has 0 amide bonds. The standard InChI is InChI=1S/C26H23O2P/c27-26(28)22-12-10-11-21(19-22)20-29(23-13-4-1-5-14-23,24-15-6-2-7-16-24)25-17-8-3-9-18-25/h1-19,29H,20H2,(H,27,28). The van der Waals surface area contributed by atoms with Gasteiger partial charge in [0.25, 0.3) is 0 Å². The second-order valence-electron chi connectivity index (χ2n) is 7.19. The molecule has 0 saturated heterocycles. The number of carboxylic acid groups (broad SMARTS) is 1. The molecular formula is C26H23O2P. The summed E-state index contributed by atoms with van der Waals surface area (Å²) in [5.41, 5.74) is 1.38. The first kappa shape index (κ1) is 19.1. The summed E-state index contributed by atoms with van der Waals surface area (Å²) in [5, 5.41) is 13.4. The molecule has 0 atom stereocenters. The van der Waals surface area contributed by atoms with Crippen LogP contribution in [-0.2, 0) is 6.16 Å². The zero-order valence-electron chi connectivity index (χ0n) is 16.0. The molecule has 4 rings (SSSR count). The monoisotopic (exact) mass is 398 g/mol. The molecule has 1 N–H and O–H groups in total. The first-order valence-corrected chi connectivity index (χ1v) is 11.9. The third kappa shape index (κ3) is 3.85. The van der Waals surface area contributed by atoms with Crippen molar-refractivity contribution in [2.45, 2.75) is 6.16 Å². The van der Waals surface area contributed by atoms with Gasteiger partial charge in [-0.05, 0) is 0 Å². The van der Waals surface area contributed by atoms with Crippen LogP contribution in [0, 0.1) is 0 Å². The zero-order valence-corrected chi connectivity index (χ0v) is 17.0. The van der Waals surface area contributed by atoms with Crippen molar-refractivity contribution in [2.75, 3.05) is 0 Å². The van der Waals surface area contributed by atoms with Gasteiger partial charge in [-0.3, -0.25) is 0 Å². The molecule has 0 spiro atoms. The molecule has 4 aromatic rings. The number of hydrogen-bond acceptors (Lipinski definition) is 1. The predicted octanol–water partition coefficient (Wildman–Crippen LogP) is 4.61. The molecule has 4 aromatic carbocycles. The van der Waals surface area contributed by atoms with E-state index in [0.717, 1.165) is 11.7 Å². The summed E-state index contributed by atoms with van der Waals surface area (Å²) >= 11 is 0. The average Bonchev–Trinajstić information content (AvgIpc) is 2.79. The van der Waals surface area contributed by atoms with Gasteiger partial charge in [-0.25, -0.2) is 0 Å². The van der Waals surface area contributed by atoms with Crippen molar-refractivity contribution in [2.24, 2.45) is 0 Å². The average molecular weight is 398 g/mol. The Balaban J connectivity index is 1.98. The van der Waals surface area contributed by atoms with Gasteiger partial charge in [0.2, 0.25) is 0 Å². The van der Waals surface area contributed by atoms with Gasteiger partial charge in [0.05, 0.1) is 0 Å². The van der Waals surface area contributed by atoms with E-state index in [2.05, 4.69) is 72.8 Å². The fourth-order valence-corrected chi connectivity index (χ4v) is 8.82. The summed E-state index contributed by atoms with van der Waals surface area (Å²) in [7, 11) is -2.42. The van der Waals surface area contributed by atoms with E-state index in [1.165, 1.54) is 15.9 Å². The Labute approximate surface area is 171 Å². The van der Waals surface area contributed by atoms with Crippen LogP contribution in [0.4, 0.5) is 0 Å². The molecule has 29 heavy (non-hydrogen) atoms. The van der Waals surface area contributed by atoms with E-state index in [4.69, 9.17) is 0 Å². The van der Waals surface area contributed by atoms with Gasteiger partial charge in [-0.15, -0.1) is 0 Å². The van der Waals surface area contributed by atoms with Gasteiger partial charge in [-0.1, -0.05) is 0 Å². The van der Waals surface area contributed by atoms with E-state index in [1.807, 2.05) is 36.4 Å². The van der Waals surface area contributed by atoms with Crippen molar-refractivity contribution in [3.63, 3.8) is 0 Å². The minimum absolute atomic E-state index is 0.333. The summed E-state index contributed by atoms with van der Waals surface area (Å²) in [6.45, 7) is 0.